The molecule has 0 aliphatic carbocycles. The van der Waals surface area contributed by atoms with Crippen LogP contribution in [0.25, 0.3) is 0 Å². The van der Waals surface area contributed by atoms with Crippen molar-refractivity contribution in [3.05, 3.63) is 41.5 Å². The van der Waals surface area contributed by atoms with Gasteiger partial charge in [-0.2, -0.15) is 5.10 Å². The van der Waals surface area contributed by atoms with Gasteiger partial charge in [-0.05, 0) is 44.9 Å². The van der Waals surface area contributed by atoms with Gasteiger partial charge in [0.2, 0.25) is 0 Å². The number of hydrogen-bond acceptors (Lipinski definition) is 2. The minimum Gasteiger partial charge on any atom is -0.357 e. The van der Waals surface area contributed by atoms with Gasteiger partial charge in [-0.15, -0.1) is 24.0 Å². The largest absolute Gasteiger partial charge is 0.357 e. The first kappa shape index (κ1) is 20.5. The van der Waals surface area contributed by atoms with Crippen molar-refractivity contribution in [1.82, 2.24) is 25.0 Å². The summed E-state index contributed by atoms with van der Waals surface area (Å²) >= 11 is 0. The van der Waals surface area contributed by atoms with Crippen LogP contribution < -0.4 is 10.6 Å². The number of nitrogens with zero attached hydrogens (tertiary/aromatic N) is 4. The third-order valence-electron chi connectivity index (χ3n) is 3.60. The fraction of sp³-hybridized carbons (Fsp3) is 0.529. The molecule has 0 aliphatic rings. The van der Waals surface area contributed by atoms with Gasteiger partial charge in [-0.1, -0.05) is 0 Å². The van der Waals surface area contributed by atoms with Crippen molar-refractivity contribution in [1.29, 1.82) is 0 Å². The number of nitrogens with one attached hydrogen (secondary N) is 2. The Bertz CT molecular complexity index is 643. The van der Waals surface area contributed by atoms with Crippen LogP contribution in [0.2, 0.25) is 0 Å². The molecule has 24 heavy (non-hydrogen) atoms. The van der Waals surface area contributed by atoms with Gasteiger partial charge in [0.15, 0.2) is 5.96 Å². The van der Waals surface area contributed by atoms with E-state index in [0.29, 0.717) is 6.54 Å². The summed E-state index contributed by atoms with van der Waals surface area (Å²) in [6.45, 7) is 9.55. The van der Waals surface area contributed by atoms with Crippen LogP contribution in [0.15, 0.2) is 29.5 Å². The van der Waals surface area contributed by atoms with E-state index >= 15 is 0 Å². The lowest BCUT2D eigenvalue weighted by molar-refractivity contribution is 0.555. The van der Waals surface area contributed by atoms with Crippen LogP contribution in [0.4, 0.5) is 0 Å². The van der Waals surface area contributed by atoms with Gasteiger partial charge in [-0.3, -0.25) is 4.68 Å². The molecule has 134 valence electrons. The van der Waals surface area contributed by atoms with Crippen molar-refractivity contribution in [2.45, 2.75) is 40.3 Å². The third kappa shape index (κ3) is 6.54. The van der Waals surface area contributed by atoms with E-state index < -0.39 is 0 Å². The summed E-state index contributed by atoms with van der Waals surface area (Å²) in [6.07, 6.45) is 5.15. The quantitative estimate of drug-likeness (QED) is 0.299. The van der Waals surface area contributed by atoms with E-state index in [4.69, 9.17) is 0 Å². The topological polar surface area (TPSA) is 59.2 Å². The van der Waals surface area contributed by atoms with Crippen molar-refractivity contribution in [3.8, 4) is 0 Å². The average Bonchev–Trinajstić information content (AvgIpc) is 3.06. The Balaban J connectivity index is 0.00000288. The van der Waals surface area contributed by atoms with Crippen LogP contribution in [0.3, 0.4) is 0 Å². The molecule has 0 unspecified atom stereocenters. The molecule has 0 amide bonds. The van der Waals surface area contributed by atoms with Crippen molar-refractivity contribution >= 4 is 29.9 Å². The number of guanidine groups is 1. The highest BCUT2D eigenvalue weighted by molar-refractivity contribution is 14.0. The molecule has 0 bridgehead atoms. The molecule has 6 nitrogen and oxygen atoms in total. The fourth-order valence-corrected chi connectivity index (χ4v) is 2.50. The van der Waals surface area contributed by atoms with Crippen LogP contribution >= 0.6 is 24.0 Å². The van der Waals surface area contributed by atoms with Gasteiger partial charge < -0.3 is 15.2 Å². The molecule has 7 heteroatoms. The molecule has 0 radical (unpaired) electrons. The lowest BCUT2D eigenvalue weighted by Crippen LogP contribution is -2.38. The molecular formula is C17H29IN6. The van der Waals surface area contributed by atoms with Crippen LogP contribution in [0.1, 0.15) is 30.3 Å². The molecule has 2 aromatic rings. The molecule has 0 atom stereocenters. The Labute approximate surface area is 161 Å². The normalized spacial score (nSPS) is 11.2. The van der Waals surface area contributed by atoms with Crippen LogP contribution in [0, 0.1) is 13.8 Å². The van der Waals surface area contributed by atoms with E-state index in [0.717, 1.165) is 37.7 Å². The van der Waals surface area contributed by atoms with Crippen molar-refractivity contribution < 1.29 is 0 Å². The third-order valence-corrected chi connectivity index (χ3v) is 3.60. The zero-order chi connectivity index (χ0) is 16.7. The molecule has 2 rings (SSSR count). The van der Waals surface area contributed by atoms with E-state index in [1.165, 1.54) is 11.3 Å². The monoisotopic (exact) mass is 444 g/mol. The Morgan fingerprint density at radius 3 is 2.67 bits per heavy atom. The Hall–Kier alpha value is -1.51. The number of halogens is 1. The zero-order valence-electron chi connectivity index (χ0n) is 15.0. The average molecular weight is 444 g/mol. The van der Waals surface area contributed by atoms with E-state index in [9.17, 15) is 0 Å². The number of aliphatic imine (C=N–C) groups is 1. The number of aromatic nitrogens is 3. The summed E-state index contributed by atoms with van der Waals surface area (Å²) in [6, 6.07) is 4.20. The molecule has 2 N–H and O–H groups in total. The standard InChI is InChI=1S/C17H28N6.HI/c1-5-18-17(20-12-16-7-10-22(4)13-16)19-8-6-9-23-15(3)11-14(2)21-23;/h7,10-11,13H,5-6,8-9,12H2,1-4H3,(H2,18,19,20);1H. The molecule has 0 aliphatic heterocycles. The minimum absolute atomic E-state index is 0. The molecular weight excluding hydrogens is 415 g/mol. The number of aryl methyl sites for hydroxylation is 4. The van der Waals surface area contributed by atoms with Gasteiger partial charge >= 0.3 is 0 Å². The van der Waals surface area contributed by atoms with E-state index in [1.54, 1.807) is 0 Å². The number of rotatable bonds is 7. The Morgan fingerprint density at radius 2 is 2.08 bits per heavy atom. The molecule has 2 aromatic heterocycles. The first-order chi connectivity index (χ1) is 11.1. The van der Waals surface area contributed by atoms with Crippen molar-refractivity contribution in [2.24, 2.45) is 12.0 Å². The first-order valence-electron chi connectivity index (χ1n) is 8.22. The SMILES string of the molecule is CCNC(=NCc1ccn(C)c1)NCCCn1nc(C)cc1C.I. The summed E-state index contributed by atoms with van der Waals surface area (Å²) in [4.78, 5) is 4.62. The predicted molar refractivity (Wildman–Crippen MR) is 110 cm³/mol. The predicted octanol–water partition coefficient (Wildman–Crippen LogP) is 2.60. The summed E-state index contributed by atoms with van der Waals surface area (Å²) in [5.74, 6) is 0.865. The fourth-order valence-electron chi connectivity index (χ4n) is 2.50. The zero-order valence-corrected chi connectivity index (χ0v) is 17.4. The molecule has 0 fully saturated rings. The molecule has 2 heterocycles. The second-order valence-electron chi connectivity index (χ2n) is 5.81. The van der Waals surface area contributed by atoms with Crippen molar-refractivity contribution in [2.75, 3.05) is 13.1 Å². The molecule has 0 saturated carbocycles. The van der Waals surface area contributed by atoms with Gasteiger partial charge in [-0.25, -0.2) is 4.99 Å². The van der Waals surface area contributed by atoms with Crippen LogP contribution in [-0.2, 0) is 20.1 Å². The van der Waals surface area contributed by atoms with Gasteiger partial charge in [0.25, 0.3) is 0 Å². The maximum absolute atomic E-state index is 4.62. The highest BCUT2D eigenvalue weighted by Crippen LogP contribution is 2.03. The maximum atomic E-state index is 4.62. The van der Waals surface area contributed by atoms with Crippen LogP contribution in [0.5, 0.6) is 0 Å². The Kier molecular flexibility index (Phi) is 8.88. The van der Waals surface area contributed by atoms with Crippen molar-refractivity contribution in [3.63, 3.8) is 0 Å². The minimum atomic E-state index is 0. The highest BCUT2D eigenvalue weighted by atomic mass is 127. The summed E-state index contributed by atoms with van der Waals surface area (Å²) < 4.78 is 4.10. The van der Waals surface area contributed by atoms with Gasteiger partial charge in [0.1, 0.15) is 0 Å². The van der Waals surface area contributed by atoms with Gasteiger partial charge in [0, 0.05) is 44.8 Å². The lowest BCUT2D eigenvalue weighted by Gasteiger charge is -2.11. The highest BCUT2D eigenvalue weighted by Gasteiger charge is 2.01. The summed E-state index contributed by atoms with van der Waals surface area (Å²) in [5, 5.41) is 11.2. The van der Waals surface area contributed by atoms with E-state index in [2.05, 4.69) is 57.6 Å². The summed E-state index contributed by atoms with van der Waals surface area (Å²) in [5.41, 5.74) is 3.51. The molecule has 0 saturated heterocycles. The summed E-state index contributed by atoms with van der Waals surface area (Å²) in [7, 11) is 2.02. The van der Waals surface area contributed by atoms with E-state index in [-0.39, 0.29) is 24.0 Å². The Morgan fingerprint density at radius 1 is 1.29 bits per heavy atom. The smallest absolute Gasteiger partial charge is 0.191 e. The maximum Gasteiger partial charge on any atom is 0.191 e. The van der Waals surface area contributed by atoms with Gasteiger partial charge in [0.05, 0.1) is 12.2 Å². The first-order valence-corrected chi connectivity index (χ1v) is 8.22. The number of hydrogen-bond donors (Lipinski definition) is 2. The molecule has 0 spiro atoms. The second kappa shape index (κ2) is 10.4. The van der Waals surface area contributed by atoms with E-state index in [1.807, 2.05) is 24.7 Å². The second-order valence-corrected chi connectivity index (χ2v) is 5.81. The lowest BCUT2D eigenvalue weighted by atomic mass is 10.3. The van der Waals surface area contributed by atoms with Crippen LogP contribution in [-0.4, -0.2) is 33.4 Å². The molecule has 0 aromatic carbocycles.